The third-order valence-electron chi connectivity index (χ3n) is 4.58. The van der Waals surface area contributed by atoms with Crippen molar-refractivity contribution in [2.24, 2.45) is 5.92 Å². The molecular weight excluding hydrogens is 307 g/mol. The summed E-state index contributed by atoms with van der Waals surface area (Å²) >= 11 is 0. The number of aromatic nitrogens is 2. The zero-order chi connectivity index (χ0) is 16.9. The standard InChI is InChI=1S/C18H21FN4O/c1-13(15-4-2-5-16(19)12-15)23-10-6-14(7-11-23)17(24)22-18-20-8-3-9-21-18/h2-5,8-9,12-14H,6-7,10-11H2,1H3,(H,20,21,22,24)/t13-/m0/s1. The van der Waals surface area contributed by atoms with E-state index in [2.05, 4.69) is 27.1 Å². The highest BCUT2D eigenvalue weighted by atomic mass is 19.1. The van der Waals surface area contributed by atoms with Crippen LogP contribution in [0.15, 0.2) is 42.7 Å². The van der Waals surface area contributed by atoms with Crippen molar-refractivity contribution in [2.75, 3.05) is 18.4 Å². The van der Waals surface area contributed by atoms with Gasteiger partial charge in [0, 0.05) is 24.4 Å². The second-order valence-corrected chi connectivity index (χ2v) is 6.10. The third kappa shape index (κ3) is 3.94. The Morgan fingerprint density at radius 2 is 1.96 bits per heavy atom. The summed E-state index contributed by atoms with van der Waals surface area (Å²) in [7, 11) is 0. The number of benzene rings is 1. The molecule has 1 aromatic carbocycles. The van der Waals surface area contributed by atoms with Crippen molar-refractivity contribution in [1.29, 1.82) is 0 Å². The van der Waals surface area contributed by atoms with Gasteiger partial charge in [-0.3, -0.25) is 15.0 Å². The maximum Gasteiger partial charge on any atom is 0.229 e. The fourth-order valence-electron chi connectivity index (χ4n) is 3.10. The summed E-state index contributed by atoms with van der Waals surface area (Å²) in [4.78, 5) is 22.6. The molecule has 0 radical (unpaired) electrons. The summed E-state index contributed by atoms with van der Waals surface area (Å²) in [6.07, 6.45) is 4.76. The van der Waals surface area contributed by atoms with Crippen LogP contribution in [-0.2, 0) is 4.79 Å². The Balaban J connectivity index is 1.54. The van der Waals surface area contributed by atoms with E-state index in [4.69, 9.17) is 0 Å². The number of piperidine rings is 1. The summed E-state index contributed by atoms with van der Waals surface area (Å²) in [5.74, 6) is 0.0681. The predicted molar refractivity (Wildman–Crippen MR) is 89.8 cm³/mol. The number of hydrogen-bond donors (Lipinski definition) is 1. The van der Waals surface area contributed by atoms with Crippen molar-refractivity contribution in [2.45, 2.75) is 25.8 Å². The number of rotatable bonds is 4. The van der Waals surface area contributed by atoms with E-state index < -0.39 is 0 Å². The molecule has 1 N–H and O–H groups in total. The summed E-state index contributed by atoms with van der Waals surface area (Å²) in [5.41, 5.74) is 0.968. The number of carbonyl (C=O) groups is 1. The molecule has 1 amide bonds. The molecule has 2 aromatic rings. The minimum Gasteiger partial charge on any atom is -0.297 e. The number of hydrogen-bond acceptors (Lipinski definition) is 4. The number of nitrogens with zero attached hydrogens (tertiary/aromatic N) is 3. The second-order valence-electron chi connectivity index (χ2n) is 6.10. The van der Waals surface area contributed by atoms with Gasteiger partial charge in [-0.15, -0.1) is 0 Å². The molecule has 2 heterocycles. The summed E-state index contributed by atoms with van der Waals surface area (Å²) in [6, 6.07) is 8.57. The number of amides is 1. The molecular formula is C18H21FN4O. The molecule has 0 aliphatic carbocycles. The van der Waals surface area contributed by atoms with E-state index in [1.54, 1.807) is 30.6 Å². The van der Waals surface area contributed by atoms with Crippen molar-refractivity contribution in [3.63, 3.8) is 0 Å². The van der Waals surface area contributed by atoms with Gasteiger partial charge in [-0.25, -0.2) is 14.4 Å². The Kier molecular flexibility index (Phi) is 5.15. The minimum absolute atomic E-state index is 0.0285. The van der Waals surface area contributed by atoms with Gasteiger partial charge in [0.15, 0.2) is 0 Å². The van der Waals surface area contributed by atoms with E-state index in [0.29, 0.717) is 5.95 Å². The van der Waals surface area contributed by atoms with Crippen molar-refractivity contribution < 1.29 is 9.18 Å². The molecule has 6 heteroatoms. The van der Waals surface area contributed by atoms with Gasteiger partial charge in [-0.05, 0) is 56.6 Å². The van der Waals surface area contributed by atoms with E-state index >= 15 is 0 Å². The maximum absolute atomic E-state index is 13.4. The number of anilines is 1. The number of halogens is 1. The Hall–Kier alpha value is -2.34. The monoisotopic (exact) mass is 328 g/mol. The Bertz CT molecular complexity index is 686. The smallest absolute Gasteiger partial charge is 0.229 e. The SMILES string of the molecule is C[C@@H](c1cccc(F)c1)N1CCC(C(=O)Nc2ncccn2)CC1. The van der Waals surface area contributed by atoms with Crippen molar-refractivity contribution in [1.82, 2.24) is 14.9 Å². The molecule has 1 saturated heterocycles. The van der Waals surface area contributed by atoms with Crippen LogP contribution in [0.1, 0.15) is 31.4 Å². The van der Waals surface area contributed by atoms with Gasteiger partial charge < -0.3 is 0 Å². The number of carbonyl (C=O) groups excluding carboxylic acids is 1. The average molecular weight is 328 g/mol. The Labute approximate surface area is 140 Å². The lowest BCUT2D eigenvalue weighted by molar-refractivity contribution is -0.121. The van der Waals surface area contributed by atoms with Crippen LogP contribution in [0.25, 0.3) is 0 Å². The molecule has 5 nitrogen and oxygen atoms in total. The fraction of sp³-hybridized carbons (Fsp3) is 0.389. The summed E-state index contributed by atoms with van der Waals surface area (Å²) < 4.78 is 13.4. The predicted octanol–water partition coefficient (Wildman–Crippen LogP) is 3.03. The number of likely N-dealkylation sites (tertiary alicyclic amines) is 1. The van der Waals surface area contributed by atoms with Gasteiger partial charge in [-0.2, -0.15) is 0 Å². The van der Waals surface area contributed by atoms with Crippen molar-refractivity contribution in [3.8, 4) is 0 Å². The van der Waals surface area contributed by atoms with Crippen molar-refractivity contribution in [3.05, 3.63) is 54.1 Å². The largest absolute Gasteiger partial charge is 0.297 e. The fourth-order valence-corrected chi connectivity index (χ4v) is 3.10. The lowest BCUT2D eigenvalue weighted by Crippen LogP contribution is -2.39. The zero-order valence-electron chi connectivity index (χ0n) is 13.7. The van der Waals surface area contributed by atoms with Gasteiger partial charge in [0.1, 0.15) is 5.82 Å². The van der Waals surface area contributed by atoms with Crippen LogP contribution in [-0.4, -0.2) is 33.9 Å². The number of nitrogens with one attached hydrogen (secondary N) is 1. The van der Waals surface area contributed by atoms with Gasteiger partial charge >= 0.3 is 0 Å². The van der Waals surface area contributed by atoms with Crippen LogP contribution in [0.5, 0.6) is 0 Å². The first-order valence-corrected chi connectivity index (χ1v) is 8.21. The van der Waals surface area contributed by atoms with Gasteiger partial charge in [0.2, 0.25) is 11.9 Å². The van der Waals surface area contributed by atoms with E-state index in [9.17, 15) is 9.18 Å². The van der Waals surface area contributed by atoms with Gasteiger partial charge in [-0.1, -0.05) is 12.1 Å². The van der Waals surface area contributed by atoms with E-state index in [-0.39, 0.29) is 23.7 Å². The van der Waals surface area contributed by atoms with Gasteiger partial charge in [0.05, 0.1) is 0 Å². The first-order chi connectivity index (χ1) is 11.6. The zero-order valence-corrected chi connectivity index (χ0v) is 13.7. The van der Waals surface area contributed by atoms with E-state index in [1.165, 1.54) is 6.07 Å². The molecule has 1 fully saturated rings. The minimum atomic E-state index is -0.212. The quantitative estimate of drug-likeness (QED) is 0.937. The highest BCUT2D eigenvalue weighted by Gasteiger charge is 2.28. The highest BCUT2D eigenvalue weighted by Crippen LogP contribution is 2.27. The summed E-state index contributed by atoms with van der Waals surface area (Å²) in [5, 5.41) is 2.77. The van der Waals surface area contributed by atoms with Crippen LogP contribution >= 0.6 is 0 Å². The molecule has 3 rings (SSSR count). The average Bonchev–Trinajstić information content (AvgIpc) is 2.62. The molecule has 0 spiro atoms. The van der Waals surface area contributed by atoms with Crippen LogP contribution in [0.2, 0.25) is 0 Å². The van der Waals surface area contributed by atoms with Gasteiger partial charge in [0.25, 0.3) is 0 Å². The van der Waals surface area contributed by atoms with Crippen LogP contribution in [0.3, 0.4) is 0 Å². The molecule has 1 aliphatic rings. The maximum atomic E-state index is 13.4. The van der Waals surface area contributed by atoms with E-state index in [0.717, 1.165) is 31.5 Å². The Morgan fingerprint density at radius 1 is 1.25 bits per heavy atom. The van der Waals surface area contributed by atoms with Crippen LogP contribution in [0.4, 0.5) is 10.3 Å². The third-order valence-corrected chi connectivity index (χ3v) is 4.58. The van der Waals surface area contributed by atoms with Crippen molar-refractivity contribution >= 4 is 11.9 Å². The Morgan fingerprint density at radius 3 is 2.62 bits per heavy atom. The first-order valence-electron chi connectivity index (χ1n) is 8.21. The van der Waals surface area contributed by atoms with Crippen LogP contribution in [0, 0.1) is 11.7 Å². The molecule has 1 aromatic heterocycles. The lowest BCUT2D eigenvalue weighted by Gasteiger charge is -2.35. The summed E-state index contributed by atoms with van der Waals surface area (Å²) in [6.45, 7) is 3.70. The highest BCUT2D eigenvalue weighted by molar-refractivity contribution is 5.90. The molecule has 0 saturated carbocycles. The second kappa shape index (κ2) is 7.49. The molecule has 1 atom stereocenters. The molecule has 126 valence electrons. The molecule has 24 heavy (non-hydrogen) atoms. The molecule has 0 unspecified atom stereocenters. The van der Waals surface area contributed by atoms with E-state index in [1.807, 2.05) is 6.07 Å². The van der Waals surface area contributed by atoms with Crippen LogP contribution < -0.4 is 5.32 Å². The molecule has 0 bridgehead atoms. The topological polar surface area (TPSA) is 58.1 Å². The molecule has 1 aliphatic heterocycles. The normalized spacial score (nSPS) is 17.4. The first kappa shape index (κ1) is 16.5. The lowest BCUT2D eigenvalue weighted by atomic mass is 9.94.